The molecule has 1 atom stereocenters. The molecule has 2 aromatic rings. The summed E-state index contributed by atoms with van der Waals surface area (Å²) in [6.07, 6.45) is -3.48. The van der Waals surface area contributed by atoms with E-state index in [1.165, 1.54) is 6.07 Å². The lowest BCUT2D eigenvalue weighted by molar-refractivity contribution is -0.137. The number of benzene rings is 1. The quantitative estimate of drug-likeness (QED) is 0.862. The lowest BCUT2D eigenvalue weighted by Gasteiger charge is -2.14. The predicted octanol–water partition coefficient (Wildman–Crippen LogP) is 3.08. The zero-order chi connectivity index (χ0) is 14.9. The zero-order valence-corrected chi connectivity index (χ0v) is 10.3. The third-order valence-corrected chi connectivity index (χ3v) is 2.89. The lowest BCUT2D eigenvalue weighted by atomic mass is 9.95. The van der Waals surface area contributed by atoms with Gasteiger partial charge in [-0.1, -0.05) is 6.92 Å². The third-order valence-electron chi connectivity index (χ3n) is 2.89. The number of nitrogens with zero attached hydrogens (tertiary/aromatic N) is 1. The number of halogens is 4. The fourth-order valence-electron chi connectivity index (χ4n) is 1.82. The molecule has 1 N–H and O–H groups in total. The largest absolute Gasteiger partial charge is 0.416 e. The molecule has 0 radical (unpaired) electrons. The van der Waals surface area contributed by atoms with Crippen LogP contribution in [0.1, 0.15) is 29.7 Å². The summed E-state index contributed by atoms with van der Waals surface area (Å²) in [6, 6.07) is 3.46. The minimum atomic E-state index is -4.63. The van der Waals surface area contributed by atoms with Gasteiger partial charge >= 0.3 is 6.18 Å². The fraction of sp³-hybridized carbons (Fsp3) is 0.231. The SMILES string of the molecule is CC(c1cc(F)cc(C(F)(F)F)c1)c1cc(=O)[nH]cn1. The van der Waals surface area contributed by atoms with Crippen LogP contribution in [0.25, 0.3) is 0 Å². The Morgan fingerprint density at radius 1 is 1.20 bits per heavy atom. The van der Waals surface area contributed by atoms with Gasteiger partial charge in [0, 0.05) is 12.0 Å². The summed E-state index contributed by atoms with van der Waals surface area (Å²) < 4.78 is 51.2. The first-order chi connectivity index (χ1) is 9.27. The minimum absolute atomic E-state index is 0.107. The van der Waals surface area contributed by atoms with E-state index in [0.29, 0.717) is 6.07 Å². The molecule has 1 unspecified atom stereocenters. The molecule has 0 spiro atoms. The van der Waals surface area contributed by atoms with E-state index >= 15 is 0 Å². The van der Waals surface area contributed by atoms with Crippen LogP contribution in [0, 0.1) is 5.82 Å². The lowest BCUT2D eigenvalue weighted by Crippen LogP contribution is -2.11. The first-order valence-corrected chi connectivity index (χ1v) is 5.69. The van der Waals surface area contributed by atoms with E-state index in [0.717, 1.165) is 18.5 Å². The predicted molar refractivity (Wildman–Crippen MR) is 63.8 cm³/mol. The van der Waals surface area contributed by atoms with Gasteiger partial charge in [0.1, 0.15) is 5.82 Å². The third kappa shape index (κ3) is 3.04. The van der Waals surface area contributed by atoms with E-state index in [4.69, 9.17) is 0 Å². The van der Waals surface area contributed by atoms with Crippen molar-refractivity contribution in [1.82, 2.24) is 9.97 Å². The number of hydrogen-bond acceptors (Lipinski definition) is 2. The van der Waals surface area contributed by atoms with E-state index in [-0.39, 0.29) is 11.3 Å². The second-order valence-corrected chi connectivity index (χ2v) is 4.33. The highest BCUT2D eigenvalue weighted by Gasteiger charge is 2.31. The summed E-state index contributed by atoms with van der Waals surface area (Å²) >= 11 is 0. The van der Waals surface area contributed by atoms with Crippen molar-refractivity contribution in [1.29, 1.82) is 0 Å². The average molecular weight is 286 g/mol. The summed E-state index contributed by atoms with van der Waals surface area (Å²) in [5, 5.41) is 0. The van der Waals surface area contributed by atoms with Crippen molar-refractivity contribution in [2.45, 2.75) is 19.0 Å². The van der Waals surface area contributed by atoms with Gasteiger partial charge in [0.15, 0.2) is 0 Å². The second kappa shape index (κ2) is 5.07. The standard InChI is InChI=1S/C13H10F4N2O/c1-7(11-5-12(20)19-6-18-11)8-2-9(13(15,16)17)4-10(14)3-8/h2-7H,1H3,(H,18,19,20). The van der Waals surface area contributed by atoms with Crippen LogP contribution in [-0.4, -0.2) is 9.97 Å². The molecule has 0 fully saturated rings. The smallest absolute Gasteiger partial charge is 0.313 e. The van der Waals surface area contributed by atoms with Crippen molar-refractivity contribution in [3.8, 4) is 0 Å². The molecule has 3 nitrogen and oxygen atoms in total. The molecule has 0 aliphatic heterocycles. The van der Waals surface area contributed by atoms with Crippen molar-refractivity contribution >= 4 is 0 Å². The number of alkyl halides is 3. The van der Waals surface area contributed by atoms with Crippen LogP contribution < -0.4 is 5.56 Å². The van der Waals surface area contributed by atoms with Crippen molar-refractivity contribution in [3.05, 3.63) is 63.6 Å². The van der Waals surface area contributed by atoms with Gasteiger partial charge in [-0.15, -0.1) is 0 Å². The van der Waals surface area contributed by atoms with Crippen LogP contribution in [0.5, 0.6) is 0 Å². The van der Waals surface area contributed by atoms with Gasteiger partial charge in [-0.3, -0.25) is 4.79 Å². The monoisotopic (exact) mass is 286 g/mol. The van der Waals surface area contributed by atoms with Crippen LogP contribution in [0.3, 0.4) is 0 Å². The first kappa shape index (κ1) is 14.2. The number of hydrogen-bond donors (Lipinski definition) is 1. The molecule has 0 saturated carbocycles. The van der Waals surface area contributed by atoms with Crippen LogP contribution in [0.15, 0.2) is 35.4 Å². The Kier molecular flexibility index (Phi) is 3.61. The number of rotatable bonds is 2. The molecule has 1 heterocycles. The summed E-state index contributed by atoms with van der Waals surface area (Å²) in [5.74, 6) is -1.61. The highest BCUT2D eigenvalue weighted by Crippen LogP contribution is 2.33. The van der Waals surface area contributed by atoms with Gasteiger partial charge in [-0.25, -0.2) is 9.37 Å². The van der Waals surface area contributed by atoms with E-state index in [2.05, 4.69) is 9.97 Å². The van der Waals surface area contributed by atoms with E-state index in [9.17, 15) is 22.4 Å². The Morgan fingerprint density at radius 2 is 1.90 bits per heavy atom. The maximum Gasteiger partial charge on any atom is 0.416 e. The molecule has 1 aromatic heterocycles. The average Bonchev–Trinajstić information content (AvgIpc) is 2.36. The molecular weight excluding hydrogens is 276 g/mol. The molecule has 0 aliphatic rings. The number of nitrogens with one attached hydrogen (secondary N) is 1. The van der Waals surface area contributed by atoms with E-state index in [1.807, 2.05) is 0 Å². The van der Waals surface area contributed by atoms with Crippen molar-refractivity contribution in [2.24, 2.45) is 0 Å². The van der Waals surface area contributed by atoms with Gasteiger partial charge in [-0.2, -0.15) is 13.2 Å². The van der Waals surface area contributed by atoms with E-state index in [1.54, 1.807) is 6.92 Å². The normalized spacial score (nSPS) is 13.2. The van der Waals surface area contributed by atoms with Gasteiger partial charge in [-0.05, 0) is 23.8 Å². The Hall–Kier alpha value is -2.18. The van der Waals surface area contributed by atoms with Crippen molar-refractivity contribution in [3.63, 3.8) is 0 Å². The van der Waals surface area contributed by atoms with Crippen molar-refractivity contribution in [2.75, 3.05) is 0 Å². The molecule has 0 bridgehead atoms. The summed E-state index contributed by atoms with van der Waals surface area (Å²) in [5.41, 5.74) is -1.11. The molecule has 7 heteroatoms. The Bertz CT molecular complexity index is 679. The van der Waals surface area contributed by atoms with Gasteiger partial charge in [0.25, 0.3) is 5.56 Å². The molecule has 0 amide bonds. The van der Waals surface area contributed by atoms with Crippen LogP contribution in [0.4, 0.5) is 17.6 Å². The summed E-state index contributed by atoms with van der Waals surface area (Å²) in [6.45, 7) is 1.55. The highest BCUT2D eigenvalue weighted by molar-refractivity contribution is 5.33. The summed E-state index contributed by atoms with van der Waals surface area (Å²) in [7, 11) is 0. The molecule has 2 rings (SSSR count). The summed E-state index contributed by atoms with van der Waals surface area (Å²) in [4.78, 5) is 17.4. The molecule has 20 heavy (non-hydrogen) atoms. The molecule has 1 aromatic carbocycles. The molecular formula is C13H10F4N2O. The molecule has 0 aliphatic carbocycles. The Balaban J connectivity index is 2.47. The first-order valence-electron chi connectivity index (χ1n) is 5.69. The Labute approximate surface area is 111 Å². The zero-order valence-electron chi connectivity index (χ0n) is 10.3. The van der Waals surface area contributed by atoms with Crippen LogP contribution in [0.2, 0.25) is 0 Å². The number of aromatic nitrogens is 2. The van der Waals surface area contributed by atoms with Gasteiger partial charge < -0.3 is 4.98 Å². The fourth-order valence-corrected chi connectivity index (χ4v) is 1.82. The second-order valence-electron chi connectivity index (χ2n) is 4.33. The van der Waals surface area contributed by atoms with Crippen LogP contribution >= 0.6 is 0 Å². The van der Waals surface area contributed by atoms with E-state index < -0.39 is 29.0 Å². The minimum Gasteiger partial charge on any atom is -0.313 e. The topological polar surface area (TPSA) is 45.8 Å². The number of aromatic amines is 1. The van der Waals surface area contributed by atoms with Gasteiger partial charge in [0.2, 0.25) is 0 Å². The number of H-pyrrole nitrogens is 1. The van der Waals surface area contributed by atoms with Crippen molar-refractivity contribution < 1.29 is 17.6 Å². The van der Waals surface area contributed by atoms with Gasteiger partial charge in [0.05, 0.1) is 17.6 Å². The Morgan fingerprint density at radius 3 is 2.50 bits per heavy atom. The van der Waals surface area contributed by atoms with Crippen LogP contribution in [-0.2, 0) is 6.18 Å². The highest BCUT2D eigenvalue weighted by atomic mass is 19.4. The maximum atomic E-state index is 13.3. The maximum absolute atomic E-state index is 13.3. The molecule has 0 saturated heterocycles. The molecule has 106 valence electrons.